The third kappa shape index (κ3) is 4.42. The molecule has 1 aromatic rings. The van der Waals surface area contributed by atoms with Gasteiger partial charge in [0, 0.05) is 11.6 Å². The van der Waals surface area contributed by atoms with E-state index in [1.54, 1.807) is 18.2 Å². The van der Waals surface area contributed by atoms with E-state index in [1.165, 1.54) is 7.11 Å². The number of hydrogen-bond acceptors (Lipinski definition) is 4. The summed E-state index contributed by atoms with van der Waals surface area (Å²) in [6, 6.07) is 5.40. The van der Waals surface area contributed by atoms with Crippen LogP contribution in [0.5, 0.6) is 11.5 Å². The molecular weight excluding hydrogens is 258 g/mol. The Morgan fingerprint density at radius 1 is 1.35 bits per heavy atom. The molecule has 0 atom stereocenters. The molecule has 1 aromatic carbocycles. The van der Waals surface area contributed by atoms with E-state index in [0.29, 0.717) is 17.1 Å². The zero-order valence-electron chi connectivity index (χ0n) is 12.3. The van der Waals surface area contributed by atoms with Gasteiger partial charge in [-0.2, -0.15) is 0 Å². The predicted octanol–water partition coefficient (Wildman–Crippen LogP) is 1.87. The van der Waals surface area contributed by atoms with Crippen LogP contribution in [0.2, 0.25) is 0 Å². The summed E-state index contributed by atoms with van der Waals surface area (Å²) in [5.41, 5.74) is 0.597. The Labute approximate surface area is 119 Å². The molecule has 0 heterocycles. The van der Waals surface area contributed by atoms with Gasteiger partial charge in [-0.05, 0) is 18.9 Å². The van der Waals surface area contributed by atoms with E-state index in [2.05, 4.69) is 5.32 Å². The summed E-state index contributed by atoms with van der Waals surface area (Å²) in [4.78, 5) is 11.8. The van der Waals surface area contributed by atoms with Gasteiger partial charge < -0.3 is 19.9 Å². The molecule has 2 N–H and O–H groups in total. The minimum atomic E-state index is -0.173. The number of carbonyl (C=O) groups is 1. The van der Waals surface area contributed by atoms with Crippen molar-refractivity contribution in [2.75, 3.05) is 13.7 Å². The van der Waals surface area contributed by atoms with Crippen LogP contribution in [0, 0.1) is 0 Å². The molecule has 1 rings (SSSR count). The molecule has 0 bridgehead atoms. The van der Waals surface area contributed by atoms with Crippen molar-refractivity contribution in [1.82, 2.24) is 5.32 Å². The van der Waals surface area contributed by atoms with Crippen molar-refractivity contribution in [3.8, 4) is 11.5 Å². The Balaban J connectivity index is 2.67. The molecule has 0 aliphatic heterocycles. The van der Waals surface area contributed by atoms with E-state index in [1.807, 2.05) is 13.8 Å². The average molecular weight is 281 g/mol. The van der Waals surface area contributed by atoms with Crippen molar-refractivity contribution < 1.29 is 19.4 Å². The minimum absolute atomic E-state index is 0.0934. The Kier molecular flexibility index (Phi) is 6.87. The van der Waals surface area contributed by atoms with Crippen LogP contribution in [0.15, 0.2) is 18.2 Å². The number of benzene rings is 1. The van der Waals surface area contributed by atoms with E-state index >= 15 is 0 Å². The first kappa shape index (κ1) is 16.3. The van der Waals surface area contributed by atoms with Gasteiger partial charge in [0.2, 0.25) is 0 Å². The van der Waals surface area contributed by atoms with Gasteiger partial charge in [-0.25, -0.2) is 0 Å². The summed E-state index contributed by atoms with van der Waals surface area (Å²) in [5.74, 6) is 0.748. The molecule has 112 valence electrons. The Morgan fingerprint density at radius 3 is 2.60 bits per heavy atom. The van der Waals surface area contributed by atoms with Gasteiger partial charge in [-0.1, -0.05) is 26.0 Å². The maximum absolute atomic E-state index is 11.8. The summed E-state index contributed by atoms with van der Waals surface area (Å²) in [6.07, 6.45) is 1.78. The zero-order chi connectivity index (χ0) is 15.0. The number of aliphatic hydroxyl groups excluding tert-OH is 1. The fourth-order valence-corrected chi connectivity index (χ4v) is 1.91. The number of nitrogens with one attached hydrogen (secondary N) is 1. The van der Waals surface area contributed by atoms with Crippen LogP contribution in [0.1, 0.15) is 32.3 Å². The monoisotopic (exact) mass is 281 g/mol. The van der Waals surface area contributed by atoms with Crippen LogP contribution >= 0.6 is 0 Å². The molecule has 1 amide bonds. The van der Waals surface area contributed by atoms with Crippen LogP contribution in [0.3, 0.4) is 0 Å². The highest BCUT2D eigenvalue weighted by atomic mass is 16.5. The quantitative estimate of drug-likeness (QED) is 0.763. The molecule has 0 spiro atoms. The molecule has 0 aliphatic carbocycles. The molecule has 20 heavy (non-hydrogen) atoms. The van der Waals surface area contributed by atoms with Crippen LogP contribution in [-0.2, 0) is 11.4 Å². The summed E-state index contributed by atoms with van der Waals surface area (Å²) < 4.78 is 10.7. The standard InChI is InChI=1S/C15H23NO4/c1-4-12(5-2)16-14(18)10-20-15-11(9-17)7-6-8-13(15)19-3/h6-8,12,17H,4-5,9-10H2,1-3H3,(H,16,18). The summed E-state index contributed by atoms with van der Waals surface area (Å²) in [7, 11) is 1.52. The molecule has 0 fully saturated rings. The highest BCUT2D eigenvalue weighted by Gasteiger charge is 2.13. The average Bonchev–Trinajstić information content (AvgIpc) is 2.49. The minimum Gasteiger partial charge on any atom is -0.493 e. The smallest absolute Gasteiger partial charge is 0.258 e. The molecule has 0 saturated heterocycles. The topological polar surface area (TPSA) is 67.8 Å². The van der Waals surface area contributed by atoms with E-state index in [-0.39, 0.29) is 25.2 Å². The largest absolute Gasteiger partial charge is 0.493 e. The predicted molar refractivity (Wildman–Crippen MR) is 76.9 cm³/mol. The Hall–Kier alpha value is -1.75. The maximum Gasteiger partial charge on any atom is 0.258 e. The van der Waals surface area contributed by atoms with E-state index in [9.17, 15) is 9.90 Å². The lowest BCUT2D eigenvalue weighted by atomic mass is 10.2. The van der Waals surface area contributed by atoms with Gasteiger partial charge >= 0.3 is 0 Å². The third-order valence-electron chi connectivity index (χ3n) is 3.15. The van der Waals surface area contributed by atoms with Crippen molar-refractivity contribution in [3.05, 3.63) is 23.8 Å². The number of ether oxygens (including phenoxy) is 2. The number of amides is 1. The lowest BCUT2D eigenvalue weighted by Gasteiger charge is -2.17. The number of rotatable bonds is 8. The van der Waals surface area contributed by atoms with Gasteiger partial charge in [-0.15, -0.1) is 0 Å². The van der Waals surface area contributed by atoms with Gasteiger partial charge in [0.25, 0.3) is 5.91 Å². The lowest BCUT2D eigenvalue weighted by Crippen LogP contribution is -2.37. The van der Waals surface area contributed by atoms with Crippen molar-refractivity contribution >= 4 is 5.91 Å². The molecule has 0 radical (unpaired) electrons. The number of hydrogen-bond donors (Lipinski definition) is 2. The third-order valence-corrected chi connectivity index (χ3v) is 3.15. The first-order valence-electron chi connectivity index (χ1n) is 6.85. The summed E-state index contributed by atoms with van der Waals surface area (Å²) in [6.45, 7) is 3.79. The van der Waals surface area contributed by atoms with Crippen molar-refractivity contribution in [2.24, 2.45) is 0 Å². The molecular formula is C15H23NO4. The SMILES string of the molecule is CCC(CC)NC(=O)COc1c(CO)cccc1OC. The Morgan fingerprint density at radius 2 is 2.05 bits per heavy atom. The molecule has 0 aromatic heterocycles. The van der Waals surface area contributed by atoms with Crippen molar-refractivity contribution in [3.63, 3.8) is 0 Å². The van der Waals surface area contributed by atoms with Gasteiger partial charge in [-0.3, -0.25) is 4.79 Å². The van der Waals surface area contributed by atoms with Crippen molar-refractivity contribution in [1.29, 1.82) is 0 Å². The second-order valence-electron chi connectivity index (χ2n) is 4.48. The number of methoxy groups -OCH3 is 1. The fraction of sp³-hybridized carbons (Fsp3) is 0.533. The molecule has 5 heteroatoms. The summed E-state index contributed by atoms with van der Waals surface area (Å²) in [5, 5.41) is 12.2. The first-order chi connectivity index (χ1) is 9.65. The zero-order valence-corrected chi connectivity index (χ0v) is 12.3. The fourth-order valence-electron chi connectivity index (χ4n) is 1.91. The normalized spacial score (nSPS) is 10.4. The highest BCUT2D eigenvalue weighted by molar-refractivity contribution is 5.78. The second kappa shape index (κ2) is 8.43. The van der Waals surface area contributed by atoms with Crippen molar-refractivity contribution in [2.45, 2.75) is 39.3 Å². The van der Waals surface area contributed by atoms with Gasteiger partial charge in [0.15, 0.2) is 18.1 Å². The Bertz CT molecular complexity index is 408. The van der Waals surface area contributed by atoms with E-state index < -0.39 is 0 Å². The highest BCUT2D eigenvalue weighted by Crippen LogP contribution is 2.30. The second-order valence-corrected chi connectivity index (χ2v) is 4.48. The van der Waals surface area contributed by atoms with E-state index in [0.717, 1.165) is 12.8 Å². The lowest BCUT2D eigenvalue weighted by molar-refractivity contribution is -0.123. The number of para-hydroxylation sites is 1. The van der Waals surface area contributed by atoms with E-state index in [4.69, 9.17) is 9.47 Å². The van der Waals surface area contributed by atoms with Crippen LogP contribution in [0.4, 0.5) is 0 Å². The summed E-state index contributed by atoms with van der Waals surface area (Å²) >= 11 is 0. The number of aliphatic hydroxyl groups is 1. The molecule has 0 aliphatic rings. The molecule has 0 unspecified atom stereocenters. The van der Waals surface area contributed by atoms with Crippen LogP contribution in [-0.4, -0.2) is 30.8 Å². The van der Waals surface area contributed by atoms with Gasteiger partial charge in [0.05, 0.1) is 13.7 Å². The van der Waals surface area contributed by atoms with Crippen LogP contribution in [0.25, 0.3) is 0 Å². The molecule has 5 nitrogen and oxygen atoms in total. The molecule has 0 saturated carbocycles. The van der Waals surface area contributed by atoms with Crippen LogP contribution < -0.4 is 14.8 Å². The maximum atomic E-state index is 11.8. The van der Waals surface area contributed by atoms with Gasteiger partial charge in [0.1, 0.15) is 0 Å². The first-order valence-corrected chi connectivity index (χ1v) is 6.85. The number of carbonyl (C=O) groups excluding carboxylic acids is 1.